The van der Waals surface area contributed by atoms with Gasteiger partial charge < -0.3 is 25.6 Å². The van der Waals surface area contributed by atoms with Gasteiger partial charge in [-0.3, -0.25) is 14.4 Å². The van der Waals surface area contributed by atoms with Gasteiger partial charge in [0.25, 0.3) is 0 Å². The molecule has 0 saturated carbocycles. The molecule has 0 aromatic heterocycles. The van der Waals surface area contributed by atoms with Gasteiger partial charge in [-0.2, -0.15) is 0 Å². The van der Waals surface area contributed by atoms with Gasteiger partial charge in [-0.25, -0.2) is 4.79 Å². The molecule has 0 heterocycles. The summed E-state index contributed by atoms with van der Waals surface area (Å²) in [6.07, 6.45) is -0.909. The third-order valence-electron chi connectivity index (χ3n) is 4.65. The van der Waals surface area contributed by atoms with Gasteiger partial charge in [0.15, 0.2) is 0 Å². The SMILES string of the molecule is O=C(O)CCCNC(=O)[C@@H](NC(=O)OCc1ccccc1)C(Cc1ccccc1)C(=O)O. The first kappa shape index (κ1) is 24.4. The average molecular weight is 442 g/mol. The maximum Gasteiger partial charge on any atom is 0.408 e. The topological polar surface area (TPSA) is 142 Å². The summed E-state index contributed by atoms with van der Waals surface area (Å²) in [5, 5.41) is 23.4. The van der Waals surface area contributed by atoms with Crippen molar-refractivity contribution in [2.24, 2.45) is 5.92 Å². The minimum Gasteiger partial charge on any atom is -0.481 e. The smallest absolute Gasteiger partial charge is 0.408 e. The number of carbonyl (C=O) groups excluding carboxylic acids is 2. The molecule has 0 saturated heterocycles. The van der Waals surface area contributed by atoms with Gasteiger partial charge in [-0.1, -0.05) is 60.7 Å². The zero-order valence-corrected chi connectivity index (χ0v) is 17.4. The van der Waals surface area contributed by atoms with E-state index in [2.05, 4.69) is 10.6 Å². The number of carboxylic acid groups (broad SMARTS) is 2. The van der Waals surface area contributed by atoms with Crippen molar-refractivity contribution in [2.75, 3.05) is 6.54 Å². The Morgan fingerprint density at radius 1 is 0.875 bits per heavy atom. The molecule has 2 amide bonds. The maximum absolute atomic E-state index is 12.7. The summed E-state index contributed by atoms with van der Waals surface area (Å²) in [6.45, 7) is -0.0178. The van der Waals surface area contributed by atoms with Crippen LogP contribution in [0.2, 0.25) is 0 Å². The van der Waals surface area contributed by atoms with Crippen LogP contribution in [0.3, 0.4) is 0 Å². The monoisotopic (exact) mass is 442 g/mol. The number of ether oxygens (including phenoxy) is 1. The Hall–Kier alpha value is -3.88. The lowest BCUT2D eigenvalue weighted by Crippen LogP contribution is -2.53. The predicted molar refractivity (Wildman–Crippen MR) is 115 cm³/mol. The van der Waals surface area contributed by atoms with Crippen molar-refractivity contribution < 1.29 is 34.1 Å². The quantitative estimate of drug-likeness (QED) is 0.369. The minimum atomic E-state index is -1.42. The van der Waals surface area contributed by atoms with E-state index in [0.29, 0.717) is 5.56 Å². The average Bonchev–Trinajstić information content (AvgIpc) is 2.78. The lowest BCUT2D eigenvalue weighted by Gasteiger charge is -2.24. The van der Waals surface area contributed by atoms with Crippen molar-refractivity contribution in [1.82, 2.24) is 10.6 Å². The fourth-order valence-corrected chi connectivity index (χ4v) is 3.02. The summed E-state index contributed by atoms with van der Waals surface area (Å²) in [5.74, 6) is -4.26. The highest BCUT2D eigenvalue weighted by atomic mass is 16.5. The molecule has 2 rings (SSSR count). The molecule has 0 aliphatic rings. The van der Waals surface area contributed by atoms with Gasteiger partial charge >= 0.3 is 18.0 Å². The number of carboxylic acids is 2. The normalized spacial score (nSPS) is 12.2. The van der Waals surface area contributed by atoms with Crippen molar-refractivity contribution >= 4 is 23.9 Å². The zero-order chi connectivity index (χ0) is 23.3. The van der Waals surface area contributed by atoms with Crippen LogP contribution in [-0.4, -0.2) is 46.7 Å². The summed E-state index contributed by atoms with van der Waals surface area (Å²) in [5.41, 5.74) is 1.42. The molecule has 4 N–H and O–H groups in total. The second kappa shape index (κ2) is 12.7. The van der Waals surface area contributed by atoms with E-state index in [1.165, 1.54) is 0 Å². The molecule has 0 aliphatic carbocycles. The van der Waals surface area contributed by atoms with Crippen LogP contribution < -0.4 is 10.6 Å². The first-order chi connectivity index (χ1) is 15.4. The lowest BCUT2D eigenvalue weighted by molar-refractivity contribution is -0.145. The van der Waals surface area contributed by atoms with Crippen molar-refractivity contribution in [3.05, 3.63) is 71.8 Å². The van der Waals surface area contributed by atoms with E-state index in [1.807, 2.05) is 6.07 Å². The summed E-state index contributed by atoms with van der Waals surface area (Å²) in [6, 6.07) is 16.2. The van der Waals surface area contributed by atoms with Crippen LogP contribution in [-0.2, 0) is 32.1 Å². The Morgan fingerprint density at radius 2 is 1.47 bits per heavy atom. The Labute approximate surface area is 185 Å². The molecule has 1 unspecified atom stereocenters. The van der Waals surface area contributed by atoms with Crippen molar-refractivity contribution in [1.29, 1.82) is 0 Å². The number of amides is 2. The van der Waals surface area contributed by atoms with E-state index in [-0.39, 0.29) is 32.4 Å². The van der Waals surface area contributed by atoms with E-state index in [9.17, 15) is 24.3 Å². The first-order valence-electron chi connectivity index (χ1n) is 10.1. The van der Waals surface area contributed by atoms with Crippen molar-refractivity contribution in [3.8, 4) is 0 Å². The van der Waals surface area contributed by atoms with E-state index < -0.39 is 35.9 Å². The van der Waals surface area contributed by atoms with Crippen molar-refractivity contribution in [2.45, 2.75) is 31.9 Å². The van der Waals surface area contributed by atoms with Crippen LogP contribution >= 0.6 is 0 Å². The van der Waals surface area contributed by atoms with Gasteiger partial charge in [0.05, 0.1) is 5.92 Å². The second-order valence-electron chi connectivity index (χ2n) is 7.11. The fourth-order valence-electron chi connectivity index (χ4n) is 3.02. The zero-order valence-electron chi connectivity index (χ0n) is 17.4. The number of rotatable bonds is 12. The largest absolute Gasteiger partial charge is 0.481 e. The Bertz CT molecular complexity index is 903. The molecule has 0 fully saturated rings. The molecule has 0 bridgehead atoms. The van der Waals surface area contributed by atoms with E-state index >= 15 is 0 Å². The summed E-state index contributed by atoms with van der Waals surface area (Å²) in [7, 11) is 0. The van der Waals surface area contributed by atoms with Crippen LogP contribution in [0.4, 0.5) is 4.79 Å². The highest BCUT2D eigenvalue weighted by molar-refractivity contribution is 5.90. The fraction of sp³-hybridized carbons (Fsp3) is 0.304. The van der Waals surface area contributed by atoms with Gasteiger partial charge in [0, 0.05) is 13.0 Å². The van der Waals surface area contributed by atoms with Crippen LogP contribution in [0.15, 0.2) is 60.7 Å². The first-order valence-corrected chi connectivity index (χ1v) is 10.1. The van der Waals surface area contributed by atoms with E-state index in [1.54, 1.807) is 54.6 Å². The molecule has 9 heteroatoms. The van der Waals surface area contributed by atoms with E-state index in [0.717, 1.165) is 5.56 Å². The number of hydrogen-bond donors (Lipinski definition) is 4. The molecule has 9 nitrogen and oxygen atoms in total. The third kappa shape index (κ3) is 8.47. The molecule has 32 heavy (non-hydrogen) atoms. The third-order valence-corrected chi connectivity index (χ3v) is 4.65. The van der Waals surface area contributed by atoms with E-state index in [4.69, 9.17) is 9.84 Å². The highest BCUT2D eigenvalue weighted by Gasteiger charge is 2.35. The maximum atomic E-state index is 12.7. The second-order valence-corrected chi connectivity index (χ2v) is 7.11. The van der Waals surface area contributed by atoms with Crippen molar-refractivity contribution in [3.63, 3.8) is 0 Å². The summed E-state index contributed by atoms with van der Waals surface area (Å²) in [4.78, 5) is 47.7. The molecule has 170 valence electrons. The molecule has 2 atom stereocenters. The Morgan fingerprint density at radius 3 is 2.03 bits per heavy atom. The molecule has 0 radical (unpaired) electrons. The van der Waals surface area contributed by atoms with Crippen LogP contribution in [0, 0.1) is 5.92 Å². The summed E-state index contributed by atoms with van der Waals surface area (Å²) >= 11 is 0. The number of hydrogen-bond acceptors (Lipinski definition) is 5. The Kier molecular flexibility index (Phi) is 9.70. The standard InChI is InChI=1S/C23H26N2O7/c26-19(27)12-7-13-24-21(28)20(18(22(29)30)14-16-8-3-1-4-9-16)25-23(31)32-15-17-10-5-2-6-11-17/h1-6,8-11,18,20H,7,12-15H2,(H,24,28)(H,25,31)(H,26,27)(H,29,30)/t18?,20-/m0/s1. The molecular formula is C23H26N2O7. The van der Waals surface area contributed by atoms with Crippen LogP contribution in [0.25, 0.3) is 0 Å². The van der Waals surface area contributed by atoms with Gasteiger partial charge in [0.2, 0.25) is 5.91 Å². The number of alkyl carbamates (subject to hydrolysis) is 1. The molecule has 0 spiro atoms. The molecule has 2 aromatic carbocycles. The number of carbonyl (C=O) groups is 4. The predicted octanol–water partition coefficient (Wildman–Crippen LogP) is 2.21. The number of aliphatic carboxylic acids is 2. The van der Waals surface area contributed by atoms with Crippen LogP contribution in [0.1, 0.15) is 24.0 Å². The van der Waals surface area contributed by atoms with Gasteiger partial charge in [-0.05, 0) is 24.0 Å². The molecule has 0 aliphatic heterocycles. The number of benzene rings is 2. The van der Waals surface area contributed by atoms with Gasteiger partial charge in [-0.15, -0.1) is 0 Å². The Balaban J connectivity index is 2.10. The molecular weight excluding hydrogens is 416 g/mol. The number of nitrogens with one attached hydrogen (secondary N) is 2. The lowest BCUT2D eigenvalue weighted by atomic mass is 9.91. The minimum absolute atomic E-state index is 0.00233. The van der Waals surface area contributed by atoms with Gasteiger partial charge in [0.1, 0.15) is 12.6 Å². The molecule has 2 aromatic rings. The summed E-state index contributed by atoms with van der Waals surface area (Å²) < 4.78 is 5.15. The highest BCUT2D eigenvalue weighted by Crippen LogP contribution is 2.15. The van der Waals surface area contributed by atoms with Crippen LogP contribution in [0.5, 0.6) is 0 Å².